The second kappa shape index (κ2) is 4.25. The number of primary amides is 1. The van der Waals surface area contributed by atoms with Gasteiger partial charge in [-0.15, -0.1) is 13.2 Å². The molecule has 2 N–H and O–H groups in total. The second-order valence-electron chi connectivity index (χ2n) is 3.57. The molecule has 1 amide bonds. The van der Waals surface area contributed by atoms with Crippen molar-refractivity contribution >= 4 is 12.0 Å². The summed E-state index contributed by atoms with van der Waals surface area (Å²) in [4.78, 5) is 10.9. The van der Waals surface area contributed by atoms with E-state index in [1.54, 1.807) is 0 Å². The normalized spacial score (nSPS) is 14.3. The van der Waals surface area contributed by atoms with Gasteiger partial charge >= 0.3 is 6.36 Å². The van der Waals surface area contributed by atoms with Crippen LogP contribution in [0.15, 0.2) is 23.8 Å². The number of hydrogen-bond donors (Lipinski definition) is 1. The number of alkyl halides is 3. The molecule has 1 aliphatic rings. The molecule has 2 rings (SSSR count). The number of halogens is 3. The van der Waals surface area contributed by atoms with Crippen molar-refractivity contribution in [2.45, 2.75) is 6.36 Å². The van der Waals surface area contributed by atoms with Gasteiger partial charge in [-0.1, -0.05) is 0 Å². The van der Waals surface area contributed by atoms with Gasteiger partial charge in [0.05, 0.1) is 5.57 Å². The van der Waals surface area contributed by atoms with Gasteiger partial charge < -0.3 is 15.2 Å². The largest absolute Gasteiger partial charge is 0.573 e. The smallest absolute Gasteiger partial charge is 0.488 e. The quantitative estimate of drug-likeness (QED) is 0.881. The Hall–Kier alpha value is -2.18. The van der Waals surface area contributed by atoms with Crippen molar-refractivity contribution in [3.05, 3.63) is 29.3 Å². The number of carbonyl (C=O) groups is 1. The van der Waals surface area contributed by atoms with Gasteiger partial charge in [0, 0.05) is 5.56 Å². The maximum absolute atomic E-state index is 12.0. The van der Waals surface area contributed by atoms with E-state index in [1.165, 1.54) is 12.1 Å². The summed E-state index contributed by atoms with van der Waals surface area (Å²) in [6.07, 6.45) is -3.38. The summed E-state index contributed by atoms with van der Waals surface area (Å²) in [5.41, 5.74) is 5.57. The maximum Gasteiger partial charge on any atom is 0.573 e. The van der Waals surface area contributed by atoms with Crippen LogP contribution in [-0.4, -0.2) is 18.9 Å². The third kappa shape index (κ3) is 2.73. The van der Waals surface area contributed by atoms with Crippen molar-refractivity contribution in [3.8, 4) is 11.5 Å². The van der Waals surface area contributed by atoms with Crippen LogP contribution in [-0.2, 0) is 4.79 Å². The molecule has 1 aliphatic heterocycles. The van der Waals surface area contributed by atoms with E-state index in [0.29, 0.717) is 11.3 Å². The standard InChI is InChI=1S/C11H8F3NO3/c12-11(13,14)18-8-1-2-9-6(4-8)3-7(5-17-9)10(15)16/h1-4H,5H2,(H2,15,16). The SMILES string of the molecule is NC(=O)C1=Cc2cc(OC(F)(F)F)ccc2OC1. The molecule has 18 heavy (non-hydrogen) atoms. The van der Waals surface area contributed by atoms with E-state index in [2.05, 4.69) is 4.74 Å². The number of nitrogens with two attached hydrogens (primary N) is 1. The topological polar surface area (TPSA) is 61.6 Å². The van der Waals surface area contributed by atoms with Crippen LogP contribution < -0.4 is 15.2 Å². The molecule has 0 atom stereocenters. The first kappa shape index (κ1) is 12.3. The van der Waals surface area contributed by atoms with E-state index in [1.807, 2.05) is 0 Å². The van der Waals surface area contributed by atoms with Crippen molar-refractivity contribution < 1.29 is 27.4 Å². The van der Waals surface area contributed by atoms with Crippen molar-refractivity contribution in [2.24, 2.45) is 5.73 Å². The minimum absolute atomic E-state index is 0.00179. The summed E-state index contributed by atoms with van der Waals surface area (Å²) in [6, 6.07) is 3.60. The van der Waals surface area contributed by atoms with Crippen LogP contribution in [0.25, 0.3) is 6.08 Å². The van der Waals surface area contributed by atoms with Gasteiger partial charge in [0.2, 0.25) is 5.91 Å². The van der Waals surface area contributed by atoms with Gasteiger partial charge in [-0.05, 0) is 24.3 Å². The summed E-state index contributed by atoms with van der Waals surface area (Å²) in [6.45, 7) is 0.00179. The highest BCUT2D eigenvalue weighted by molar-refractivity contribution is 5.98. The Morgan fingerprint density at radius 3 is 2.72 bits per heavy atom. The average Bonchev–Trinajstić information content (AvgIpc) is 2.25. The number of hydrogen-bond acceptors (Lipinski definition) is 3. The molecule has 0 aliphatic carbocycles. The lowest BCUT2D eigenvalue weighted by Crippen LogP contribution is -2.21. The van der Waals surface area contributed by atoms with E-state index in [0.717, 1.165) is 12.1 Å². The molecule has 0 saturated carbocycles. The van der Waals surface area contributed by atoms with Crippen LogP contribution in [0.4, 0.5) is 13.2 Å². The Balaban J connectivity index is 2.32. The van der Waals surface area contributed by atoms with E-state index in [-0.39, 0.29) is 17.9 Å². The summed E-state index contributed by atoms with van der Waals surface area (Å²) in [5.74, 6) is -0.691. The van der Waals surface area contributed by atoms with Crippen LogP contribution >= 0.6 is 0 Å². The Bertz CT molecular complexity index is 523. The number of fused-ring (bicyclic) bond motifs is 1. The van der Waals surface area contributed by atoms with E-state index >= 15 is 0 Å². The fourth-order valence-electron chi connectivity index (χ4n) is 1.50. The molecule has 0 aromatic heterocycles. The molecular formula is C11H8F3NO3. The van der Waals surface area contributed by atoms with Crippen LogP contribution in [0.3, 0.4) is 0 Å². The van der Waals surface area contributed by atoms with E-state index < -0.39 is 12.3 Å². The molecular weight excluding hydrogens is 251 g/mol. The van der Waals surface area contributed by atoms with Crippen LogP contribution in [0, 0.1) is 0 Å². The molecule has 1 aromatic rings. The zero-order valence-corrected chi connectivity index (χ0v) is 8.95. The van der Waals surface area contributed by atoms with Crippen LogP contribution in [0.5, 0.6) is 11.5 Å². The first-order valence-electron chi connectivity index (χ1n) is 4.88. The predicted octanol–water partition coefficient (Wildman–Crippen LogP) is 1.85. The number of amides is 1. The lowest BCUT2D eigenvalue weighted by atomic mass is 10.1. The first-order chi connectivity index (χ1) is 8.35. The summed E-state index contributed by atoms with van der Waals surface area (Å²) in [5, 5.41) is 0. The molecule has 0 unspecified atom stereocenters. The molecule has 0 bridgehead atoms. The zero-order chi connectivity index (χ0) is 13.3. The van der Waals surface area contributed by atoms with Crippen LogP contribution in [0.2, 0.25) is 0 Å². The number of rotatable bonds is 2. The van der Waals surface area contributed by atoms with Gasteiger partial charge in [-0.25, -0.2) is 0 Å². The maximum atomic E-state index is 12.0. The van der Waals surface area contributed by atoms with Gasteiger partial charge in [-0.3, -0.25) is 4.79 Å². The number of ether oxygens (including phenoxy) is 2. The highest BCUT2D eigenvalue weighted by atomic mass is 19.4. The zero-order valence-electron chi connectivity index (χ0n) is 8.95. The fraction of sp³-hybridized carbons (Fsp3) is 0.182. The Morgan fingerprint density at radius 2 is 2.11 bits per heavy atom. The lowest BCUT2D eigenvalue weighted by molar-refractivity contribution is -0.274. The molecule has 96 valence electrons. The number of benzene rings is 1. The molecule has 1 aromatic carbocycles. The van der Waals surface area contributed by atoms with Gasteiger partial charge in [-0.2, -0.15) is 0 Å². The fourth-order valence-corrected chi connectivity index (χ4v) is 1.50. The Labute approximate surface area is 99.8 Å². The molecule has 0 fully saturated rings. The Kier molecular flexibility index (Phi) is 2.90. The molecule has 7 heteroatoms. The van der Waals surface area contributed by atoms with Crippen molar-refractivity contribution in [2.75, 3.05) is 6.61 Å². The molecule has 0 spiro atoms. The van der Waals surface area contributed by atoms with E-state index in [4.69, 9.17) is 10.5 Å². The number of carbonyl (C=O) groups excluding carboxylic acids is 1. The molecule has 4 nitrogen and oxygen atoms in total. The van der Waals surface area contributed by atoms with Crippen molar-refractivity contribution in [3.63, 3.8) is 0 Å². The van der Waals surface area contributed by atoms with Gasteiger partial charge in [0.15, 0.2) is 0 Å². The van der Waals surface area contributed by atoms with Gasteiger partial charge in [0.25, 0.3) is 0 Å². The highest BCUT2D eigenvalue weighted by Crippen LogP contribution is 2.32. The third-order valence-corrected chi connectivity index (χ3v) is 2.24. The molecule has 0 radical (unpaired) electrons. The Morgan fingerprint density at radius 1 is 1.39 bits per heavy atom. The van der Waals surface area contributed by atoms with E-state index in [9.17, 15) is 18.0 Å². The monoisotopic (exact) mass is 259 g/mol. The highest BCUT2D eigenvalue weighted by Gasteiger charge is 2.31. The second-order valence-corrected chi connectivity index (χ2v) is 3.57. The first-order valence-corrected chi connectivity index (χ1v) is 4.88. The summed E-state index contributed by atoms with van der Waals surface area (Å²) in [7, 11) is 0. The average molecular weight is 259 g/mol. The summed E-state index contributed by atoms with van der Waals surface area (Å²) < 4.78 is 45.0. The minimum Gasteiger partial charge on any atom is -0.488 e. The van der Waals surface area contributed by atoms with Crippen LogP contribution in [0.1, 0.15) is 5.56 Å². The van der Waals surface area contributed by atoms with Crippen molar-refractivity contribution in [1.82, 2.24) is 0 Å². The summed E-state index contributed by atoms with van der Waals surface area (Å²) >= 11 is 0. The third-order valence-electron chi connectivity index (χ3n) is 2.24. The lowest BCUT2D eigenvalue weighted by Gasteiger charge is -2.17. The predicted molar refractivity (Wildman–Crippen MR) is 55.8 cm³/mol. The van der Waals surface area contributed by atoms with Crippen molar-refractivity contribution in [1.29, 1.82) is 0 Å². The molecule has 1 heterocycles. The van der Waals surface area contributed by atoms with Gasteiger partial charge in [0.1, 0.15) is 18.1 Å². The minimum atomic E-state index is -4.76. The molecule has 0 saturated heterocycles.